The Morgan fingerprint density at radius 2 is 1.86 bits per heavy atom. The van der Waals surface area contributed by atoms with Gasteiger partial charge >= 0.3 is 6.16 Å². The number of carbonyl (C=O) groups is 1. The first kappa shape index (κ1) is 19.8. The van der Waals surface area contributed by atoms with Crippen LogP contribution in [0.15, 0.2) is 42.5 Å². The molecule has 0 saturated carbocycles. The van der Waals surface area contributed by atoms with Gasteiger partial charge in [0.25, 0.3) is 0 Å². The van der Waals surface area contributed by atoms with Gasteiger partial charge in [-0.3, -0.25) is 0 Å². The van der Waals surface area contributed by atoms with E-state index in [-0.39, 0.29) is 12.6 Å². The number of hydrogen-bond acceptors (Lipinski definition) is 5. The average Bonchev–Trinajstić information content (AvgIpc) is 3.15. The zero-order valence-corrected chi connectivity index (χ0v) is 15.1. The maximum atomic E-state index is 13.2. The van der Waals surface area contributed by atoms with Crippen LogP contribution in [0.1, 0.15) is 17.9 Å². The van der Waals surface area contributed by atoms with Crippen LogP contribution in [0.25, 0.3) is 0 Å². The van der Waals surface area contributed by atoms with E-state index in [0.717, 1.165) is 36.8 Å². The Bertz CT molecular complexity index is 794. The summed E-state index contributed by atoms with van der Waals surface area (Å²) in [7, 11) is 0. The summed E-state index contributed by atoms with van der Waals surface area (Å²) in [4.78, 5) is 8.56. The second-order valence-corrected chi connectivity index (χ2v) is 6.52. The van der Waals surface area contributed by atoms with Gasteiger partial charge in [0.1, 0.15) is 11.6 Å². The maximum Gasteiger partial charge on any atom is 0.503 e. The van der Waals surface area contributed by atoms with Crippen molar-refractivity contribution in [3.63, 3.8) is 0 Å². The Labute approximate surface area is 161 Å². The molecule has 150 valence electrons. The third-order valence-corrected chi connectivity index (χ3v) is 4.71. The lowest BCUT2D eigenvalue weighted by molar-refractivity contribution is 0.137. The number of ether oxygens (including phenoxy) is 3. The molecular weight excluding hydrogens is 369 g/mol. The molecule has 4 rings (SSSR count). The highest BCUT2D eigenvalue weighted by Gasteiger charge is 2.27. The molecule has 7 nitrogen and oxygen atoms in total. The Morgan fingerprint density at radius 1 is 1.14 bits per heavy atom. The molecule has 0 radical (unpaired) electrons. The molecule has 3 N–H and O–H groups in total. The van der Waals surface area contributed by atoms with E-state index in [2.05, 4.69) is 5.32 Å². The van der Waals surface area contributed by atoms with Gasteiger partial charge in [0.2, 0.25) is 6.79 Å². The quantitative estimate of drug-likeness (QED) is 0.733. The summed E-state index contributed by atoms with van der Waals surface area (Å²) in [6.45, 7) is 2.74. The topological polar surface area (TPSA) is 97.2 Å². The fraction of sp³-hybridized carbons (Fsp3) is 0.350. The molecule has 2 aliphatic heterocycles. The van der Waals surface area contributed by atoms with Crippen LogP contribution in [0, 0.1) is 11.7 Å². The van der Waals surface area contributed by atoms with Crippen molar-refractivity contribution >= 4 is 6.16 Å². The number of hydrogen-bond donors (Lipinski definition) is 3. The van der Waals surface area contributed by atoms with Gasteiger partial charge in [-0.15, -0.1) is 0 Å². The minimum Gasteiger partial charge on any atom is -0.493 e. The molecule has 2 atom stereocenters. The van der Waals surface area contributed by atoms with E-state index >= 15 is 0 Å². The number of rotatable bonds is 4. The second-order valence-electron chi connectivity index (χ2n) is 6.52. The summed E-state index contributed by atoms with van der Waals surface area (Å²) in [6.07, 6.45) is -0.805. The highest BCUT2D eigenvalue weighted by molar-refractivity contribution is 5.53. The Morgan fingerprint density at radius 3 is 2.61 bits per heavy atom. The van der Waals surface area contributed by atoms with Crippen LogP contribution < -0.4 is 19.5 Å². The van der Waals surface area contributed by atoms with Crippen molar-refractivity contribution in [1.29, 1.82) is 0 Å². The molecule has 0 unspecified atom stereocenters. The molecule has 1 saturated heterocycles. The molecular formula is C20H22FNO6. The number of benzene rings is 2. The van der Waals surface area contributed by atoms with Gasteiger partial charge in [-0.05, 0) is 48.7 Å². The number of nitrogens with one attached hydrogen (secondary N) is 1. The summed E-state index contributed by atoms with van der Waals surface area (Å²) < 4.78 is 29.9. The molecule has 8 heteroatoms. The molecule has 0 spiro atoms. The minimum absolute atomic E-state index is 0.194. The monoisotopic (exact) mass is 391 g/mol. The second kappa shape index (κ2) is 9.27. The van der Waals surface area contributed by atoms with Crippen molar-refractivity contribution in [2.45, 2.75) is 12.3 Å². The maximum absolute atomic E-state index is 13.2. The Hall–Kier alpha value is -3.00. The fourth-order valence-electron chi connectivity index (χ4n) is 3.42. The van der Waals surface area contributed by atoms with Crippen LogP contribution in [0.3, 0.4) is 0 Å². The lowest BCUT2D eigenvalue weighted by Crippen LogP contribution is -2.38. The number of fused-ring (bicyclic) bond motifs is 1. The summed E-state index contributed by atoms with van der Waals surface area (Å²) in [5.41, 5.74) is 1.18. The first-order valence-corrected chi connectivity index (χ1v) is 8.93. The van der Waals surface area contributed by atoms with E-state index in [0.29, 0.717) is 18.4 Å². The van der Waals surface area contributed by atoms with Crippen LogP contribution >= 0.6 is 0 Å². The SMILES string of the molecule is Fc1ccc([C@@H]2CCNC[C@H]2COc2ccc3c(c2)OCO3)cc1.O=C(O)O. The van der Waals surface area contributed by atoms with Gasteiger partial charge in [0.15, 0.2) is 11.5 Å². The van der Waals surface area contributed by atoms with E-state index in [1.165, 1.54) is 17.7 Å². The Kier molecular flexibility index (Phi) is 6.54. The van der Waals surface area contributed by atoms with E-state index in [4.69, 9.17) is 29.2 Å². The molecule has 1 fully saturated rings. The predicted octanol–water partition coefficient (Wildman–Crippen LogP) is 3.55. The number of halogens is 1. The highest BCUT2D eigenvalue weighted by Crippen LogP contribution is 2.36. The highest BCUT2D eigenvalue weighted by atomic mass is 19.1. The first-order chi connectivity index (χ1) is 13.5. The molecule has 0 amide bonds. The van der Waals surface area contributed by atoms with E-state index in [1.807, 2.05) is 30.3 Å². The van der Waals surface area contributed by atoms with Crippen LogP contribution in [0.5, 0.6) is 17.2 Å². The van der Waals surface area contributed by atoms with Gasteiger partial charge in [0, 0.05) is 18.5 Å². The van der Waals surface area contributed by atoms with Crippen LogP contribution in [0.4, 0.5) is 9.18 Å². The van der Waals surface area contributed by atoms with Crippen molar-refractivity contribution in [1.82, 2.24) is 5.32 Å². The van der Waals surface area contributed by atoms with E-state index < -0.39 is 6.16 Å². The molecule has 2 aromatic rings. The van der Waals surface area contributed by atoms with Crippen molar-refractivity contribution in [2.24, 2.45) is 5.92 Å². The normalized spacial score (nSPS) is 20.0. The Balaban J connectivity index is 0.000000516. The molecule has 0 aromatic heterocycles. The van der Waals surface area contributed by atoms with Crippen molar-refractivity contribution in [3.05, 3.63) is 53.8 Å². The summed E-state index contributed by atoms with van der Waals surface area (Å²) in [6, 6.07) is 12.5. The van der Waals surface area contributed by atoms with Gasteiger partial charge in [-0.1, -0.05) is 12.1 Å². The zero-order chi connectivity index (χ0) is 19.9. The summed E-state index contributed by atoms with van der Waals surface area (Å²) in [5.74, 6) is 2.79. The van der Waals surface area contributed by atoms with E-state index in [1.54, 1.807) is 0 Å². The van der Waals surface area contributed by atoms with Gasteiger partial charge in [-0.25, -0.2) is 9.18 Å². The lowest BCUT2D eigenvalue weighted by Gasteiger charge is -2.32. The third-order valence-electron chi connectivity index (χ3n) is 4.71. The summed E-state index contributed by atoms with van der Waals surface area (Å²) in [5, 5.41) is 17.4. The van der Waals surface area contributed by atoms with Crippen molar-refractivity contribution in [3.8, 4) is 17.2 Å². The first-order valence-electron chi connectivity index (χ1n) is 8.93. The number of carboxylic acid groups (broad SMARTS) is 2. The van der Waals surface area contributed by atoms with Crippen LogP contribution in [-0.4, -0.2) is 42.9 Å². The van der Waals surface area contributed by atoms with Gasteiger partial charge in [0.05, 0.1) is 6.61 Å². The molecule has 2 aliphatic rings. The molecule has 2 heterocycles. The smallest absolute Gasteiger partial charge is 0.493 e. The van der Waals surface area contributed by atoms with Gasteiger partial charge in [-0.2, -0.15) is 0 Å². The molecule has 0 bridgehead atoms. The van der Waals surface area contributed by atoms with Crippen LogP contribution in [0.2, 0.25) is 0 Å². The summed E-state index contributed by atoms with van der Waals surface area (Å²) >= 11 is 0. The zero-order valence-electron chi connectivity index (χ0n) is 15.1. The largest absolute Gasteiger partial charge is 0.503 e. The third kappa shape index (κ3) is 5.26. The molecule has 0 aliphatic carbocycles. The minimum atomic E-state index is -1.83. The standard InChI is InChI=1S/C19H20FNO3.CH2O3/c20-15-3-1-13(2-4-15)17-7-8-21-10-14(17)11-22-16-5-6-18-19(9-16)24-12-23-18;2-1(3)4/h1-6,9,14,17,21H,7-8,10-12H2;(H2,2,3,4)/t14-,17-;/m0./s1. The average molecular weight is 391 g/mol. The van der Waals surface area contributed by atoms with Crippen molar-refractivity contribution < 1.29 is 33.6 Å². The van der Waals surface area contributed by atoms with Crippen molar-refractivity contribution in [2.75, 3.05) is 26.5 Å². The van der Waals surface area contributed by atoms with Crippen LogP contribution in [-0.2, 0) is 0 Å². The molecule has 28 heavy (non-hydrogen) atoms. The number of piperidine rings is 1. The lowest BCUT2D eigenvalue weighted by atomic mass is 9.81. The predicted molar refractivity (Wildman–Crippen MR) is 98.8 cm³/mol. The van der Waals surface area contributed by atoms with E-state index in [9.17, 15) is 4.39 Å². The van der Waals surface area contributed by atoms with Gasteiger partial charge < -0.3 is 29.7 Å². The molecule has 2 aromatic carbocycles. The fourth-order valence-corrected chi connectivity index (χ4v) is 3.42.